The van der Waals surface area contributed by atoms with E-state index in [2.05, 4.69) is 45.1 Å². The van der Waals surface area contributed by atoms with Crippen LogP contribution in [0.15, 0.2) is 65.8 Å². The lowest BCUT2D eigenvalue weighted by Gasteiger charge is -2.37. The van der Waals surface area contributed by atoms with Crippen LogP contribution in [-0.4, -0.2) is 23.1 Å². The number of hydrogen-bond donors (Lipinski definition) is 2. The Hall–Kier alpha value is -3.01. The summed E-state index contributed by atoms with van der Waals surface area (Å²) in [4.78, 5) is 13.6. The largest absolute Gasteiger partial charge is 0.507 e. The molecular weight excluding hydrogens is 376 g/mol. The van der Waals surface area contributed by atoms with Gasteiger partial charge in [0, 0.05) is 24.0 Å². The average molecular weight is 407 g/mol. The zero-order chi connectivity index (χ0) is 21.8. The highest BCUT2D eigenvalue weighted by molar-refractivity contribution is 6.03. The van der Waals surface area contributed by atoms with Crippen molar-refractivity contribution in [3.63, 3.8) is 0 Å². The number of phenols is 2. The van der Waals surface area contributed by atoms with Crippen LogP contribution in [0.3, 0.4) is 0 Å². The lowest BCUT2D eigenvalue weighted by Crippen LogP contribution is -2.31. The maximum atomic E-state index is 13.6. The molecule has 0 heterocycles. The van der Waals surface area contributed by atoms with Crippen molar-refractivity contribution in [3.8, 4) is 17.2 Å². The summed E-state index contributed by atoms with van der Waals surface area (Å²) >= 11 is 0. The van der Waals surface area contributed by atoms with Crippen LogP contribution in [-0.2, 0) is 0 Å². The van der Waals surface area contributed by atoms with Crippen molar-refractivity contribution in [1.29, 1.82) is 0 Å². The highest BCUT2D eigenvalue weighted by atomic mass is 16.5. The van der Waals surface area contributed by atoms with Gasteiger partial charge in [-0.25, -0.2) is 0 Å². The second-order valence-electron chi connectivity index (χ2n) is 8.26. The third-order valence-electron chi connectivity index (χ3n) is 6.00. The number of Topliss-reactive ketones (excluding diaryl/α,β-unsaturated/α-hetero) is 1. The number of rotatable bonds is 6. The summed E-state index contributed by atoms with van der Waals surface area (Å²) in [6.45, 7) is 6.29. The Morgan fingerprint density at radius 3 is 2.33 bits per heavy atom. The van der Waals surface area contributed by atoms with Crippen LogP contribution in [0.25, 0.3) is 0 Å². The van der Waals surface area contributed by atoms with Crippen molar-refractivity contribution < 1.29 is 19.7 Å². The number of methoxy groups -OCH3 is 1. The van der Waals surface area contributed by atoms with E-state index in [0.29, 0.717) is 12.2 Å². The smallest absolute Gasteiger partial charge is 0.174 e. The van der Waals surface area contributed by atoms with Gasteiger partial charge < -0.3 is 14.9 Å². The van der Waals surface area contributed by atoms with Crippen LogP contribution < -0.4 is 4.74 Å². The molecule has 1 aliphatic carbocycles. The molecule has 3 unspecified atom stereocenters. The van der Waals surface area contributed by atoms with E-state index in [4.69, 9.17) is 4.74 Å². The molecule has 0 aliphatic heterocycles. The average Bonchev–Trinajstić information content (AvgIpc) is 2.72. The van der Waals surface area contributed by atoms with Crippen LogP contribution in [0.5, 0.6) is 17.2 Å². The fourth-order valence-electron chi connectivity index (χ4n) is 4.42. The normalized spacial score (nSPS) is 20.9. The number of phenolic OH excluding ortho intramolecular Hbond substituents is 2. The molecule has 3 atom stereocenters. The first-order valence-corrected chi connectivity index (χ1v) is 10.3. The number of ether oxygens (including phenoxy) is 1. The number of carbonyl (C=O) groups is 1. The monoisotopic (exact) mass is 406 g/mol. The van der Waals surface area contributed by atoms with E-state index in [1.165, 1.54) is 30.4 Å². The molecule has 0 bridgehead atoms. The molecule has 0 saturated carbocycles. The number of ketones is 1. The van der Waals surface area contributed by atoms with Gasteiger partial charge in [-0.3, -0.25) is 4.79 Å². The van der Waals surface area contributed by atoms with Crippen molar-refractivity contribution in [1.82, 2.24) is 0 Å². The number of benzene rings is 2. The fourth-order valence-corrected chi connectivity index (χ4v) is 4.42. The summed E-state index contributed by atoms with van der Waals surface area (Å²) < 4.78 is 5.08. The van der Waals surface area contributed by atoms with Crippen LogP contribution in [0.1, 0.15) is 55.5 Å². The molecule has 2 aromatic carbocycles. The third-order valence-corrected chi connectivity index (χ3v) is 6.00. The van der Waals surface area contributed by atoms with Gasteiger partial charge >= 0.3 is 0 Å². The molecule has 3 rings (SSSR count). The Balaban J connectivity index is 2.08. The maximum Gasteiger partial charge on any atom is 0.174 e. The first kappa shape index (κ1) is 21.7. The van der Waals surface area contributed by atoms with Gasteiger partial charge in [-0.1, -0.05) is 53.6 Å². The van der Waals surface area contributed by atoms with Crippen LogP contribution >= 0.6 is 0 Å². The summed E-state index contributed by atoms with van der Waals surface area (Å²) in [5.41, 5.74) is 3.58. The summed E-state index contributed by atoms with van der Waals surface area (Å²) in [6, 6.07) is 12.8. The fraction of sp³-hybridized carbons (Fsp3) is 0.346. The lowest BCUT2D eigenvalue weighted by molar-refractivity contribution is 0.0872. The second-order valence-corrected chi connectivity index (χ2v) is 8.26. The minimum atomic E-state index is -0.378. The van der Waals surface area contributed by atoms with Gasteiger partial charge in [-0.15, -0.1) is 0 Å². The molecule has 4 heteroatoms. The van der Waals surface area contributed by atoms with Gasteiger partial charge in [0.05, 0.1) is 7.11 Å². The minimum Gasteiger partial charge on any atom is -0.507 e. The molecule has 0 saturated heterocycles. The molecule has 158 valence electrons. The molecule has 2 aromatic rings. The van der Waals surface area contributed by atoms with Gasteiger partial charge in [-0.05, 0) is 45.1 Å². The first-order chi connectivity index (χ1) is 14.3. The Kier molecular flexibility index (Phi) is 6.66. The molecule has 4 nitrogen and oxygen atoms in total. The Labute approximate surface area is 178 Å². The Bertz CT molecular complexity index is 945. The van der Waals surface area contributed by atoms with Gasteiger partial charge in [0.15, 0.2) is 5.78 Å². The van der Waals surface area contributed by atoms with E-state index in [9.17, 15) is 15.0 Å². The number of aromatic hydroxyl groups is 2. The predicted octanol–water partition coefficient (Wildman–Crippen LogP) is 6.01. The van der Waals surface area contributed by atoms with Crippen LogP contribution in [0.4, 0.5) is 0 Å². The van der Waals surface area contributed by atoms with Gasteiger partial charge in [0.25, 0.3) is 0 Å². The van der Waals surface area contributed by atoms with Crippen molar-refractivity contribution in [2.75, 3.05) is 7.11 Å². The minimum absolute atomic E-state index is 0.0318. The standard InChI is InChI=1S/C26H30O4/c1-16(2)10-12-20-17(3)11-13-21(24(20)18-8-6-5-7-9-18)26(29)25-22(27)14-19(30-4)15-23(25)28/h5-11,14-15,20-21,24,27-28H,12-13H2,1-4H3. The van der Waals surface area contributed by atoms with E-state index in [-0.39, 0.29) is 40.6 Å². The molecule has 0 fully saturated rings. The van der Waals surface area contributed by atoms with E-state index in [1.807, 2.05) is 18.2 Å². The molecule has 0 radical (unpaired) electrons. The highest BCUT2D eigenvalue weighted by Crippen LogP contribution is 2.47. The second kappa shape index (κ2) is 9.21. The van der Waals surface area contributed by atoms with E-state index in [0.717, 1.165) is 12.0 Å². The predicted molar refractivity (Wildman–Crippen MR) is 119 cm³/mol. The number of carbonyl (C=O) groups excluding carboxylic acids is 1. The van der Waals surface area contributed by atoms with Crippen LogP contribution in [0.2, 0.25) is 0 Å². The van der Waals surface area contributed by atoms with Gasteiger partial charge in [-0.2, -0.15) is 0 Å². The lowest BCUT2D eigenvalue weighted by atomic mass is 9.65. The van der Waals surface area contributed by atoms with Gasteiger partial charge in [0.2, 0.25) is 0 Å². The maximum absolute atomic E-state index is 13.6. The van der Waals surface area contributed by atoms with Crippen molar-refractivity contribution in [2.24, 2.45) is 11.8 Å². The molecule has 0 amide bonds. The number of hydrogen-bond acceptors (Lipinski definition) is 4. The molecule has 1 aliphatic rings. The SMILES string of the molecule is COc1cc(O)c(C(=O)C2CC=C(C)C(CC=C(C)C)C2c2ccccc2)c(O)c1. The number of allylic oxidation sites excluding steroid dienone is 4. The summed E-state index contributed by atoms with van der Waals surface area (Å²) in [6.07, 6.45) is 5.76. The molecular formula is C26H30O4. The van der Waals surface area contributed by atoms with Crippen molar-refractivity contribution in [3.05, 3.63) is 76.9 Å². The first-order valence-electron chi connectivity index (χ1n) is 10.3. The van der Waals surface area contributed by atoms with E-state index < -0.39 is 0 Å². The molecule has 0 spiro atoms. The summed E-state index contributed by atoms with van der Waals surface area (Å²) in [5.74, 6) is -0.689. The molecule has 30 heavy (non-hydrogen) atoms. The summed E-state index contributed by atoms with van der Waals surface area (Å²) in [7, 11) is 1.45. The molecule has 0 aromatic heterocycles. The quantitative estimate of drug-likeness (QED) is 0.455. The van der Waals surface area contributed by atoms with Crippen molar-refractivity contribution in [2.45, 2.75) is 39.5 Å². The third kappa shape index (κ3) is 4.43. The Morgan fingerprint density at radius 2 is 1.77 bits per heavy atom. The summed E-state index contributed by atoms with van der Waals surface area (Å²) in [5, 5.41) is 20.9. The van der Waals surface area contributed by atoms with Crippen LogP contribution in [0, 0.1) is 11.8 Å². The zero-order valence-electron chi connectivity index (χ0n) is 18.1. The highest BCUT2D eigenvalue weighted by Gasteiger charge is 2.39. The van der Waals surface area contributed by atoms with Gasteiger partial charge in [0.1, 0.15) is 22.8 Å². The van der Waals surface area contributed by atoms with E-state index in [1.54, 1.807) is 0 Å². The topological polar surface area (TPSA) is 66.8 Å². The van der Waals surface area contributed by atoms with E-state index >= 15 is 0 Å². The van der Waals surface area contributed by atoms with Crippen molar-refractivity contribution >= 4 is 5.78 Å². The zero-order valence-corrected chi connectivity index (χ0v) is 18.1. The Morgan fingerprint density at radius 1 is 1.13 bits per heavy atom. The molecule has 2 N–H and O–H groups in total.